The summed E-state index contributed by atoms with van der Waals surface area (Å²) in [6, 6.07) is 0. The van der Waals surface area contributed by atoms with E-state index in [-0.39, 0.29) is 12.3 Å². The molecule has 5 heteroatoms. The Balaban J connectivity index is 2.03. The van der Waals surface area contributed by atoms with Crippen LogP contribution in [-0.2, 0) is 11.2 Å². The Morgan fingerprint density at radius 2 is 2.16 bits per heavy atom. The Kier molecular flexibility index (Phi) is 4.82. The van der Waals surface area contributed by atoms with Gasteiger partial charge in [0.2, 0.25) is 0 Å². The molecule has 0 bridgehead atoms. The molecule has 0 saturated heterocycles. The molecule has 0 aliphatic heterocycles. The molecule has 0 unspecified atom stereocenters. The molecule has 4 nitrogen and oxygen atoms in total. The predicted octanol–water partition coefficient (Wildman–Crippen LogP) is 2.92. The van der Waals surface area contributed by atoms with E-state index in [0.717, 1.165) is 6.42 Å². The fraction of sp³-hybridized carbons (Fsp3) is 0.643. The van der Waals surface area contributed by atoms with Crippen molar-refractivity contribution in [3.8, 4) is 0 Å². The molecule has 1 aromatic heterocycles. The van der Waals surface area contributed by atoms with Crippen LogP contribution in [-0.4, -0.2) is 22.5 Å². The van der Waals surface area contributed by atoms with Gasteiger partial charge in [0.05, 0.1) is 12.3 Å². The highest BCUT2D eigenvalue weighted by molar-refractivity contribution is 5.87. The molecule has 1 saturated carbocycles. The molecular formula is C14H19FN2O2. The molecule has 1 aromatic rings. The van der Waals surface area contributed by atoms with E-state index in [9.17, 15) is 9.18 Å². The summed E-state index contributed by atoms with van der Waals surface area (Å²) in [7, 11) is 0. The number of carbonyl (C=O) groups excluding carboxylic acids is 1. The lowest BCUT2D eigenvalue weighted by atomic mass is 10.0. The van der Waals surface area contributed by atoms with Gasteiger partial charge in [0.25, 0.3) is 0 Å². The summed E-state index contributed by atoms with van der Waals surface area (Å²) >= 11 is 0. The monoisotopic (exact) mass is 266 g/mol. The molecule has 0 N–H and O–H groups in total. The lowest BCUT2D eigenvalue weighted by molar-refractivity contribution is 0.0513. The number of aryl methyl sites for hydroxylation is 1. The highest BCUT2D eigenvalue weighted by Crippen LogP contribution is 2.28. The fourth-order valence-electron chi connectivity index (χ4n) is 2.56. The largest absolute Gasteiger partial charge is 0.461 e. The van der Waals surface area contributed by atoms with Gasteiger partial charge < -0.3 is 4.74 Å². The maximum atomic E-state index is 14.1. The van der Waals surface area contributed by atoms with Crippen molar-refractivity contribution in [1.82, 2.24) is 9.97 Å². The normalized spacial score (nSPS) is 15.7. The predicted molar refractivity (Wildman–Crippen MR) is 68.2 cm³/mol. The lowest BCUT2D eigenvalue weighted by Crippen LogP contribution is -2.13. The number of ether oxygens (including phenoxy) is 1. The van der Waals surface area contributed by atoms with Gasteiger partial charge >= 0.3 is 5.97 Å². The van der Waals surface area contributed by atoms with Crippen molar-refractivity contribution in [2.45, 2.75) is 45.4 Å². The zero-order chi connectivity index (χ0) is 13.7. The Morgan fingerprint density at radius 1 is 1.42 bits per heavy atom. The van der Waals surface area contributed by atoms with Crippen LogP contribution in [0.4, 0.5) is 4.39 Å². The molecule has 19 heavy (non-hydrogen) atoms. The Hall–Kier alpha value is -1.52. The second-order valence-corrected chi connectivity index (χ2v) is 4.89. The maximum Gasteiger partial charge on any atom is 0.360 e. The van der Waals surface area contributed by atoms with Gasteiger partial charge in [-0.15, -0.1) is 0 Å². The minimum Gasteiger partial charge on any atom is -0.461 e. The van der Waals surface area contributed by atoms with E-state index in [4.69, 9.17) is 4.74 Å². The van der Waals surface area contributed by atoms with E-state index < -0.39 is 11.8 Å². The third-order valence-corrected chi connectivity index (χ3v) is 3.59. The maximum absolute atomic E-state index is 14.1. The SMILES string of the molecule is CCOC(=O)c1ncnc(CCC2CCCC2)c1F. The van der Waals surface area contributed by atoms with Crippen molar-refractivity contribution in [2.24, 2.45) is 5.92 Å². The summed E-state index contributed by atoms with van der Waals surface area (Å²) < 4.78 is 18.9. The highest BCUT2D eigenvalue weighted by Gasteiger charge is 2.20. The second-order valence-electron chi connectivity index (χ2n) is 4.89. The van der Waals surface area contributed by atoms with Crippen LogP contribution in [0.3, 0.4) is 0 Å². The molecule has 1 fully saturated rings. The van der Waals surface area contributed by atoms with E-state index in [1.165, 1.54) is 32.0 Å². The molecule has 1 aliphatic rings. The summed E-state index contributed by atoms with van der Waals surface area (Å²) in [6.07, 6.45) is 7.70. The number of carbonyl (C=O) groups is 1. The molecule has 104 valence electrons. The van der Waals surface area contributed by atoms with Gasteiger partial charge in [-0.05, 0) is 25.7 Å². The molecule has 0 spiro atoms. The average molecular weight is 266 g/mol. The van der Waals surface area contributed by atoms with Crippen molar-refractivity contribution >= 4 is 5.97 Å². The number of nitrogens with zero attached hydrogens (tertiary/aromatic N) is 2. The lowest BCUT2D eigenvalue weighted by Gasteiger charge is -2.09. The minimum atomic E-state index is -0.718. The van der Waals surface area contributed by atoms with E-state index in [2.05, 4.69) is 9.97 Å². The zero-order valence-corrected chi connectivity index (χ0v) is 11.2. The summed E-state index contributed by atoms with van der Waals surface area (Å²) in [5.41, 5.74) is 0.0724. The van der Waals surface area contributed by atoms with Gasteiger partial charge in [-0.2, -0.15) is 0 Å². The Morgan fingerprint density at radius 3 is 2.84 bits per heavy atom. The molecule has 2 rings (SSSR count). The fourth-order valence-corrected chi connectivity index (χ4v) is 2.56. The zero-order valence-electron chi connectivity index (χ0n) is 11.2. The molecule has 0 amide bonds. The van der Waals surface area contributed by atoms with Gasteiger partial charge in [0, 0.05) is 0 Å². The van der Waals surface area contributed by atoms with E-state index in [1.807, 2.05) is 0 Å². The van der Waals surface area contributed by atoms with Crippen LogP contribution >= 0.6 is 0 Å². The minimum absolute atomic E-state index is 0.208. The number of esters is 1. The summed E-state index contributed by atoms with van der Waals surface area (Å²) in [4.78, 5) is 19.2. The second kappa shape index (κ2) is 6.59. The first-order valence-electron chi connectivity index (χ1n) is 6.88. The molecule has 1 heterocycles. The standard InChI is InChI=1S/C14H19FN2O2/c1-2-19-14(18)13-12(15)11(16-9-17-13)8-7-10-5-3-4-6-10/h9-10H,2-8H2,1H3. The van der Waals surface area contributed by atoms with Gasteiger partial charge in [-0.1, -0.05) is 25.7 Å². The number of rotatable bonds is 5. The smallest absolute Gasteiger partial charge is 0.360 e. The van der Waals surface area contributed by atoms with Crippen LogP contribution in [0.1, 0.15) is 55.2 Å². The van der Waals surface area contributed by atoms with Crippen LogP contribution in [0.5, 0.6) is 0 Å². The summed E-state index contributed by atoms with van der Waals surface area (Å²) in [5.74, 6) is -0.677. The number of hydrogen-bond donors (Lipinski definition) is 0. The van der Waals surface area contributed by atoms with Crippen LogP contribution in [0.25, 0.3) is 0 Å². The third kappa shape index (κ3) is 3.49. The first kappa shape index (κ1) is 13.9. The molecular weight excluding hydrogens is 247 g/mol. The van der Waals surface area contributed by atoms with E-state index in [1.54, 1.807) is 6.92 Å². The van der Waals surface area contributed by atoms with Crippen LogP contribution in [0, 0.1) is 11.7 Å². The first-order valence-corrected chi connectivity index (χ1v) is 6.88. The highest BCUT2D eigenvalue weighted by atomic mass is 19.1. The van der Waals surface area contributed by atoms with Crippen molar-refractivity contribution < 1.29 is 13.9 Å². The van der Waals surface area contributed by atoms with Gasteiger partial charge in [-0.3, -0.25) is 0 Å². The van der Waals surface area contributed by atoms with Gasteiger partial charge in [0.15, 0.2) is 11.5 Å². The van der Waals surface area contributed by atoms with Crippen LogP contribution in [0.15, 0.2) is 6.33 Å². The molecule has 0 radical (unpaired) electrons. The topological polar surface area (TPSA) is 52.1 Å². The van der Waals surface area contributed by atoms with Crippen molar-refractivity contribution in [1.29, 1.82) is 0 Å². The quantitative estimate of drug-likeness (QED) is 0.769. The first-order chi connectivity index (χ1) is 9.22. The van der Waals surface area contributed by atoms with E-state index in [0.29, 0.717) is 18.0 Å². The summed E-state index contributed by atoms with van der Waals surface area (Å²) in [5, 5.41) is 0. The third-order valence-electron chi connectivity index (χ3n) is 3.59. The average Bonchev–Trinajstić information content (AvgIpc) is 2.91. The van der Waals surface area contributed by atoms with Gasteiger partial charge in [-0.25, -0.2) is 19.2 Å². The van der Waals surface area contributed by atoms with Crippen LogP contribution in [0.2, 0.25) is 0 Å². The molecule has 1 aliphatic carbocycles. The van der Waals surface area contributed by atoms with Crippen molar-refractivity contribution in [3.63, 3.8) is 0 Å². The van der Waals surface area contributed by atoms with Crippen molar-refractivity contribution in [3.05, 3.63) is 23.5 Å². The Bertz CT molecular complexity index is 445. The van der Waals surface area contributed by atoms with E-state index >= 15 is 0 Å². The number of halogens is 1. The number of aromatic nitrogens is 2. The van der Waals surface area contributed by atoms with Gasteiger partial charge in [0.1, 0.15) is 6.33 Å². The Labute approximate surface area is 112 Å². The van der Waals surface area contributed by atoms with Crippen molar-refractivity contribution in [2.75, 3.05) is 6.61 Å². The number of hydrogen-bond acceptors (Lipinski definition) is 4. The summed E-state index contributed by atoms with van der Waals surface area (Å²) in [6.45, 7) is 1.89. The van der Waals surface area contributed by atoms with Crippen LogP contribution < -0.4 is 0 Å². The molecule has 0 aromatic carbocycles. The molecule has 0 atom stereocenters.